The van der Waals surface area contributed by atoms with Gasteiger partial charge in [0.1, 0.15) is 0 Å². The van der Waals surface area contributed by atoms with E-state index >= 15 is 0 Å². The lowest BCUT2D eigenvalue weighted by atomic mass is 10.2. The third-order valence-electron chi connectivity index (χ3n) is 1.13. The highest BCUT2D eigenvalue weighted by Gasteiger charge is 2.01. The van der Waals surface area contributed by atoms with Crippen LogP contribution in [-0.2, 0) is 0 Å². The van der Waals surface area contributed by atoms with E-state index in [1.54, 1.807) is 24.3 Å². The summed E-state index contributed by atoms with van der Waals surface area (Å²) in [5.74, 6) is 2.43. The van der Waals surface area contributed by atoms with Crippen molar-refractivity contribution in [1.82, 2.24) is 0 Å². The van der Waals surface area contributed by atoms with E-state index < -0.39 is 0 Å². The van der Waals surface area contributed by atoms with Crippen molar-refractivity contribution in [1.29, 1.82) is 5.39 Å². The zero-order valence-corrected chi connectivity index (χ0v) is 5.28. The first-order chi connectivity index (χ1) is 4.86. The normalized spacial score (nSPS) is 7.80. The molecule has 0 saturated heterocycles. The number of hydrogen-bond donors (Lipinski definition) is 0. The van der Waals surface area contributed by atoms with E-state index in [1.165, 1.54) is 0 Å². The highest BCUT2D eigenvalue weighted by molar-refractivity contribution is 5.49. The molecule has 0 bridgehead atoms. The molecule has 0 aliphatic rings. The summed E-state index contributed by atoms with van der Waals surface area (Å²) in [6.45, 7) is 0. The zero-order chi connectivity index (χ0) is 7.40. The van der Waals surface area contributed by atoms with Gasteiger partial charge in [-0.2, -0.15) is 0 Å². The van der Waals surface area contributed by atoms with Gasteiger partial charge in [-0.05, 0) is 6.07 Å². The molecule has 0 spiro atoms. The number of terminal acetylenes is 1. The molecular formula is C8H5N2+. The fourth-order valence-electron chi connectivity index (χ4n) is 0.658. The van der Waals surface area contributed by atoms with E-state index in [0.717, 1.165) is 5.56 Å². The molecule has 0 radical (unpaired) electrons. The quantitative estimate of drug-likeness (QED) is 0.389. The lowest BCUT2D eigenvalue weighted by Crippen LogP contribution is -1.68. The molecule has 0 aliphatic heterocycles. The molecule has 0 heterocycles. The Morgan fingerprint density at radius 2 is 2.30 bits per heavy atom. The number of rotatable bonds is 0. The largest absolute Gasteiger partial charge is 0.386 e. The van der Waals surface area contributed by atoms with Crippen molar-refractivity contribution >= 4 is 5.69 Å². The van der Waals surface area contributed by atoms with Crippen LogP contribution in [0.2, 0.25) is 0 Å². The monoisotopic (exact) mass is 129 g/mol. The first-order valence-electron chi connectivity index (χ1n) is 2.78. The Morgan fingerprint density at radius 3 is 2.90 bits per heavy atom. The molecule has 1 rings (SSSR count). The van der Waals surface area contributed by atoms with Crippen LogP contribution in [0.1, 0.15) is 5.56 Å². The minimum absolute atomic E-state index is 0.482. The van der Waals surface area contributed by atoms with Crippen LogP contribution in [0.15, 0.2) is 24.3 Å². The van der Waals surface area contributed by atoms with E-state index in [-0.39, 0.29) is 0 Å². The Morgan fingerprint density at radius 1 is 1.50 bits per heavy atom. The van der Waals surface area contributed by atoms with Gasteiger partial charge in [-0.15, -0.1) is 6.42 Å². The van der Waals surface area contributed by atoms with Crippen LogP contribution < -0.4 is 0 Å². The molecule has 0 aromatic heterocycles. The van der Waals surface area contributed by atoms with Crippen LogP contribution in [0.25, 0.3) is 4.98 Å². The smallest absolute Gasteiger partial charge is 0.115 e. The van der Waals surface area contributed by atoms with Gasteiger partial charge in [0.15, 0.2) is 4.98 Å². The standard InChI is InChI=1S/C8H5N2/c1-2-7-4-3-5-8(6-7)10-9/h1,3-6H/q+1. The number of nitrogens with zero attached hydrogens (tertiary/aromatic N) is 2. The summed E-state index contributed by atoms with van der Waals surface area (Å²) in [5, 5.41) is 8.31. The van der Waals surface area contributed by atoms with E-state index in [9.17, 15) is 0 Å². The molecule has 10 heavy (non-hydrogen) atoms. The molecule has 0 aliphatic carbocycles. The average Bonchev–Trinajstić information content (AvgIpc) is 2.05. The fourth-order valence-corrected chi connectivity index (χ4v) is 0.658. The topological polar surface area (TPSA) is 28.1 Å². The minimum Gasteiger partial charge on any atom is -0.115 e. The molecule has 46 valence electrons. The van der Waals surface area contributed by atoms with Crippen molar-refractivity contribution in [2.45, 2.75) is 0 Å². The fraction of sp³-hybridized carbons (Fsp3) is 0. The van der Waals surface area contributed by atoms with Gasteiger partial charge >= 0.3 is 5.69 Å². The molecule has 0 fully saturated rings. The molecule has 0 saturated carbocycles. The maximum atomic E-state index is 8.31. The van der Waals surface area contributed by atoms with Gasteiger partial charge in [0.25, 0.3) is 0 Å². The Balaban J connectivity index is 3.17. The number of benzene rings is 1. The Hall–Kier alpha value is -1.80. The summed E-state index contributed by atoms with van der Waals surface area (Å²) in [4.78, 5) is 2.98. The minimum atomic E-state index is 0.482. The zero-order valence-electron chi connectivity index (χ0n) is 5.28. The summed E-state index contributed by atoms with van der Waals surface area (Å²) in [5.41, 5.74) is 1.20. The second-order valence-corrected chi connectivity index (χ2v) is 1.79. The molecule has 0 N–H and O–H groups in total. The van der Waals surface area contributed by atoms with Crippen LogP contribution in [0.5, 0.6) is 0 Å². The van der Waals surface area contributed by atoms with E-state index in [0.29, 0.717) is 5.69 Å². The van der Waals surface area contributed by atoms with Gasteiger partial charge in [0.2, 0.25) is 5.39 Å². The lowest BCUT2D eigenvalue weighted by molar-refractivity contribution is 1.46. The van der Waals surface area contributed by atoms with E-state index in [2.05, 4.69) is 10.9 Å². The SMILES string of the molecule is C#Cc1cccc([N+]#N)c1. The predicted octanol–water partition coefficient (Wildman–Crippen LogP) is 2.15. The van der Waals surface area contributed by atoms with Crippen LogP contribution in [0.3, 0.4) is 0 Å². The van der Waals surface area contributed by atoms with Gasteiger partial charge in [-0.3, -0.25) is 0 Å². The van der Waals surface area contributed by atoms with Crippen molar-refractivity contribution in [3.8, 4) is 12.3 Å². The lowest BCUT2D eigenvalue weighted by Gasteiger charge is -1.81. The summed E-state index contributed by atoms with van der Waals surface area (Å²) in [6, 6.07) is 6.81. The first-order valence-corrected chi connectivity index (χ1v) is 2.78. The number of hydrogen-bond acceptors (Lipinski definition) is 1. The van der Waals surface area contributed by atoms with Crippen molar-refractivity contribution in [3.05, 3.63) is 34.8 Å². The van der Waals surface area contributed by atoms with Crippen molar-refractivity contribution in [3.63, 3.8) is 0 Å². The Bertz CT molecular complexity index is 286. The summed E-state index contributed by atoms with van der Waals surface area (Å²) >= 11 is 0. The predicted molar refractivity (Wildman–Crippen MR) is 39.1 cm³/mol. The van der Waals surface area contributed by atoms with Crippen LogP contribution >= 0.6 is 0 Å². The number of diazo groups is 1. The maximum absolute atomic E-state index is 8.31. The van der Waals surface area contributed by atoms with E-state index in [1.807, 2.05) is 0 Å². The molecule has 2 nitrogen and oxygen atoms in total. The average molecular weight is 129 g/mol. The third-order valence-corrected chi connectivity index (χ3v) is 1.13. The molecule has 0 amide bonds. The van der Waals surface area contributed by atoms with Gasteiger partial charge in [-0.25, -0.2) is 0 Å². The first kappa shape index (κ1) is 6.32. The van der Waals surface area contributed by atoms with Crippen LogP contribution in [-0.4, -0.2) is 0 Å². The summed E-state index contributed by atoms with van der Waals surface area (Å²) < 4.78 is 0. The summed E-state index contributed by atoms with van der Waals surface area (Å²) in [7, 11) is 0. The Labute approximate surface area is 59.1 Å². The van der Waals surface area contributed by atoms with E-state index in [4.69, 9.17) is 11.8 Å². The van der Waals surface area contributed by atoms with Gasteiger partial charge < -0.3 is 0 Å². The van der Waals surface area contributed by atoms with Crippen molar-refractivity contribution < 1.29 is 0 Å². The molecule has 1 aromatic rings. The van der Waals surface area contributed by atoms with Crippen LogP contribution in [0.4, 0.5) is 5.69 Å². The van der Waals surface area contributed by atoms with Crippen LogP contribution in [0, 0.1) is 17.7 Å². The molecule has 0 atom stereocenters. The van der Waals surface area contributed by atoms with Crippen molar-refractivity contribution in [2.75, 3.05) is 0 Å². The molecule has 2 heteroatoms. The van der Waals surface area contributed by atoms with Gasteiger partial charge in [-0.1, -0.05) is 12.0 Å². The maximum Gasteiger partial charge on any atom is 0.386 e. The highest BCUT2D eigenvalue weighted by Crippen LogP contribution is 2.12. The summed E-state index contributed by atoms with van der Waals surface area (Å²) in [6.07, 6.45) is 5.10. The molecule has 0 unspecified atom stereocenters. The van der Waals surface area contributed by atoms with Gasteiger partial charge in [0, 0.05) is 17.7 Å². The second kappa shape index (κ2) is 2.66. The van der Waals surface area contributed by atoms with Crippen molar-refractivity contribution in [2.24, 2.45) is 0 Å². The molecule has 1 aromatic carbocycles. The highest BCUT2D eigenvalue weighted by atomic mass is 14.8. The second-order valence-electron chi connectivity index (χ2n) is 1.79. The third kappa shape index (κ3) is 1.13. The Kier molecular flexibility index (Phi) is 1.68. The van der Waals surface area contributed by atoms with Gasteiger partial charge in [0.05, 0.1) is 0 Å². The molecular weight excluding hydrogens is 124 g/mol.